The molecule has 6 heteroatoms. The van der Waals surface area contributed by atoms with Crippen LogP contribution in [0.1, 0.15) is 18.9 Å². The first kappa shape index (κ1) is 20.6. The SMILES string of the molecule is CCN(C1=C(c2ccc(OC)cc2)C(=O)N(CCCOC)C1=O)c1ccccc1. The Kier molecular flexibility index (Phi) is 6.67. The van der Waals surface area contributed by atoms with Crippen LogP contribution in [0.2, 0.25) is 0 Å². The predicted molar refractivity (Wildman–Crippen MR) is 113 cm³/mol. The van der Waals surface area contributed by atoms with Crippen LogP contribution in [-0.4, -0.2) is 50.6 Å². The normalized spacial score (nSPS) is 14.0. The minimum absolute atomic E-state index is 0.275. The maximum absolute atomic E-state index is 13.3. The highest BCUT2D eigenvalue weighted by molar-refractivity contribution is 6.36. The Morgan fingerprint density at radius 2 is 1.62 bits per heavy atom. The van der Waals surface area contributed by atoms with Crippen molar-refractivity contribution in [2.24, 2.45) is 0 Å². The molecule has 152 valence electrons. The summed E-state index contributed by atoms with van der Waals surface area (Å²) in [4.78, 5) is 29.8. The topological polar surface area (TPSA) is 59.1 Å². The number of carbonyl (C=O) groups excluding carboxylic acids is 2. The van der Waals surface area contributed by atoms with Crippen LogP contribution in [0.4, 0.5) is 5.69 Å². The van der Waals surface area contributed by atoms with Crippen LogP contribution in [-0.2, 0) is 14.3 Å². The molecule has 0 saturated carbocycles. The summed E-state index contributed by atoms with van der Waals surface area (Å²) < 4.78 is 10.3. The molecule has 0 bridgehead atoms. The van der Waals surface area contributed by atoms with Crippen molar-refractivity contribution in [2.45, 2.75) is 13.3 Å². The lowest BCUT2D eigenvalue weighted by Gasteiger charge is -2.25. The van der Waals surface area contributed by atoms with E-state index in [0.29, 0.717) is 48.7 Å². The summed E-state index contributed by atoms with van der Waals surface area (Å²) in [5.41, 5.74) is 2.39. The molecule has 0 saturated heterocycles. The quantitative estimate of drug-likeness (QED) is 0.482. The molecule has 2 aromatic rings. The van der Waals surface area contributed by atoms with Gasteiger partial charge >= 0.3 is 0 Å². The smallest absolute Gasteiger partial charge is 0.278 e. The largest absolute Gasteiger partial charge is 0.497 e. The molecular weight excluding hydrogens is 368 g/mol. The standard InChI is InChI=1S/C23H26N2O4/c1-4-24(18-9-6-5-7-10-18)21-20(17-11-13-19(29-3)14-12-17)22(26)25(23(21)27)15-8-16-28-2/h5-7,9-14H,4,8,15-16H2,1-3H3. The van der Waals surface area contributed by atoms with Crippen molar-refractivity contribution in [1.82, 2.24) is 4.90 Å². The number of imide groups is 1. The van der Waals surface area contributed by atoms with Gasteiger partial charge in [-0.1, -0.05) is 30.3 Å². The molecule has 1 aliphatic rings. The fraction of sp³-hybridized carbons (Fsp3) is 0.304. The first-order valence-corrected chi connectivity index (χ1v) is 9.68. The van der Waals surface area contributed by atoms with Gasteiger partial charge in [0.2, 0.25) is 0 Å². The van der Waals surface area contributed by atoms with Crippen molar-refractivity contribution >= 4 is 23.1 Å². The Hall–Kier alpha value is -3.12. The first-order valence-electron chi connectivity index (χ1n) is 9.68. The second-order valence-electron chi connectivity index (χ2n) is 6.64. The van der Waals surface area contributed by atoms with Crippen molar-refractivity contribution < 1.29 is 19.1 Å². The van der Waals surface area contributed by atoms with Crippen molar-refractivity contribution in [3.63, 3.8) is 0 Å². The Balaban J connectivity index is 2.08. The van der Waals surface area contributed by atoms with Crippen LogP contribution in [0.15, 0.2) is 60.3 Å². The lowest BCUT2D eigenvalue weighted by Crippen LogP contribution is -2.36. The van der Waals surface area contributed by atoms with Gasteiger partial charge in [0.15, 0.2) is 0 Å². The zero-order valence-corrected chi connectivity index (χ0v) is 17.1. The summed E-state index contributed by atoms with van der Waals surface area (Å²) in [7, 11) is 3.20. The van der Waals surface area contributed by atoms with Gasteiger partial charge in [-0.3, -0.25) is 14.5 Å². The zero-order chi connectivity index (χ0) is 20.8. The highest BCUT2D eigenvalue weighted by atomic mass is 16.5. The van der Waals surface area contributed by atoms with Crippen LogP contribution in [0.5, 0.6) is 5.75 Å². The van der Waals surface area contributed by atoms with Gasteiger partial charge < -0.3 is 14.4 Å². The van der Waals surface area contributed by atoms with Gasteiger partial charge in [0, 0.05) is 32.5 Å². The number of hydrogen-bond acceptors (Lipinski definition) is 5. The lowest BCUT2D eigenvalue weighted by atomic mass is 10.0. The van der Waals surface area contributed by atoms with Crippen LogP contribution in [0.25, 0.3) is 5.57 Å². The number of anilines is 1. The van der Waals surface area contributed by atoms with E-state index in [-0.39, 0.29) is 11.8 Å². The molecule has 29 heavy (non-hydrogen) atoms. The second-order valence-corrected chi connectivity index (χ2v) is 6.64. The fourth-order valence-corrected chi connectivity index (χ4v) is 3.48. The molecule has 2 amide bonds. The van der Waals surface area contributed by atoms with Crippen molar-refractivity contribution in [1.29, 1.82) is 0 Å². The average molecular weight is 394 g/mol. The summed E-state index contributed by atoms with van der Waals surface area (Å²) in [5, 5.41) is 0. The Labute approximate surface area is 171 Å². The number of methoxy groups -OCH3 is 2. The molecule has 0 spiro atoms. The minimum Gasteiger partial charge on any atom is -0.497 e. The molecule has 0 fully saturated rings. The van der Waals surface area contributed by atoms with E-state index < -0.39 is 0 Å². The molecule has 0 N–H and O–H groups in total. The lowest BCUT2D eigenvalue weighted by molar-refractivity contribution is -0.137. The van der Waals surface area contributed by atoms with Crippen molar-refractivity contribution in [2.75, 3.05) is 38.8 Å². The van der Waals surface area contributed by atoms with E-state index in [1.807, 2.05) is 54.3 Å². The summed E-state index contributed by atoms with van der Waals surface area (Å²) in [6.45, 7) is 3.34. The van der Waals surface area contributed by atoms with Gasteiger partial charge in [-0.15, -0.1) is 0 Å². The average Bonchev–Trinajstić information content (AvgIpc) is 3.00. The number of rotatable bonds is 9. The first-order chi connectivity index (χ1) is 14.1. The second kappa shape index (κ2) is 9.39. The Bertz CT molecular complexity index is 891. The third-order valence-corrected chi connectivity index (χ3v) is 4.91. The summed E-state index contributed by atoms with van der Waals surface area (Å²) in [6, 6.07) is 16.9. The van der Waals surface area contributed by atoms with E-state index in [2.05, 4.69) is 0 Å². The van der Waals surface area contributed by atoms with Gasteiger partial charge in [-0.2, -0.15) is 0 Å². The van der Waals surface area contributed by atoms with Crippen LogP contribution in [0, 0.1) is 0 Å². The molecule has 3 rings (SSSR count). The molecular formula is C23H26N2O4. The van der Waals surface area contributed by atoms with E-state index in [1.54, 1.807) is 26.4 Å². The van der Waals surface area contributed by atoms with E-state index in [9.17, 15) is 9.59 Å². The molecule has 0 aromatic heterocycles. The third kappa shape index (κ3) is 4.17. The highest BCUT2D eigenvalue weighted by Crippen LogP contribution is 2.34. The number of amides is 2. The van der Waals surface area contributed by atoms with Crippen molar-refractivity contribution in [3.8, 4) is 5.75 Å². The van der Waals surface area contributed by atoms with E-state index in [0.717, 1.165) is 5.69 Å². The predicted octanol–water partition coefficient (Wildman–Crippen LogP) is 3.34. The maximum Gasteiger partial charge on any atom is 0.278 e. The third-order valence-electron chi connectivity index (χ3n) is 4.91. The molecule has 0 atom stereocenters. The van der Waals surface area contributed by atoms with Crippen LogP contribution in [0.3, 0.4) is 0 Å². The van der Waals surface area contributed by atoms with Gasteiger partial charge in [0.25, 0.3) is 11.8 Å². The van der Waals surface area contributed by atoms with Crippen LogP contribution >= 0.6 is 0 Å². The molecule has 1 heterocycles. The Morgan fingerprint density at radius 3 is 2.21 bits per heavy atom. The number of carbonyl (C=O) groups is 2. The molecule has 1 aliphatic heterocycles. The number of para-hydroxylation sites is 1. The van der Waals surface area contributed by atoms with Crippen LogP contribution < -0.4 is 9.64 Å². The molecule has 0 aliphatic carbocycles. The van der Waals surface area contributed by atoms with E-state index in [1.165, 1.54) is 4.90 Å². The minimum atomic E-state index is -0.277. The molecule has 0 unspecified atom stereocenters. The monoisotopic (exact) mass is 394 g/mol. The Morgan fingerprint density at radius 1 is 0.931 bits per heavy atom. The number of likely N-dealkylation sites (N-methyl/N-ethyl adjacent to an activating group) is 1. The molecule has 6 nitrogen and oxygen atoms in total. The number of ether oxygens (including phenoxy) is 2. The van der Waals surface area contributed by atoms with E-state index in [4.69, 9.17) is 9.47 Å². The number of benzene rings is 2. The van der Waals surface area contributed by atoms with Gasteiger partial charge in [0.05, 0.1) is 12.7 Å². The summed E-state index contributed by atoms with van der Waals surface area (Å²) >= 11 is 0. The molecule has 0 radical (unpaired) electrons. The number of hydrogen-bond donors (Lipinski definition) is 0. The van der Waals surface area contributed by atoms with Gasteiger partial charge in [-0.25, -0.2) is 0 Å². The number of nitrogens with zero attached hydrogens (tertiary/aromatic N) is 2. The van der Waals surface area contributed by atoms with Gasteiger partial charge in [-0.05, 0) is 43.2 Å². The summed E-state index contributed by atoms with van der Waals surface area (Å²) in [6.07, 6.45) is 0.592. The van der Waals surface area contributed by atoms with Gasteiger partial charge in [0.1, 0.15) is 11.4 Å². The zero-order valence-electron chi connectivity index (χ0n) is 17.1. The maximum atomic E-state index is 13.3. The molecule has 2 aromatic carbocycles. The van der Waals surface area contributed by atoms with E-state index >= 15 is 0 Å². The highest BCUT2D eigenvalue weighted by Gasteiger charge is 2.41. The fourth-order valence-electron chi connectivity index (χ4n) is 3.48. The summed E-state index contributed by atoms with van der Waals surface area (Å²) in [5.74, 6) is 0.142. The van der Waals surface area contributed by atoms with Crippen molar-refractivity contribution in [3.05, 3.63) is 65.9 Å².